The summed E-state index contributed by atoms with van der Waals surface area (Å²) in [5.74, 6) is -0.208. The zero-order chi connectivity index (χ0) is 5.28. The Labute approximate surface area is 41.5 Å². The molecule has 1 aliphatic rings. The van der Waals surface area contributed by atoms with Crippen LogP contribution in [0.3, 0.4) is 0 Å². The van der Waals surface area contributed by atoms with Gasteiger partial charge in [0.15, 0.2) is 12.0 Å². The molecule has 0 spiro atoms. The Hall–Kier alpha value is -0.400. The predicted molar refractivity (Wildman–Crippen MR) is 23.8 cm³/mol. The molecular weight excluding hydrogens is 95.1 g/mol. The first kappa shape index (κ1) is 4.75. The van der Waals surface area contributed by atoms with E-state index in [0.717, 1.165) is 6.42 Å². The van der Waals surface area contributed by atoms with E-state index in [1.165, 1.54) is 0 Å². The van der Waals surface area contributed by atoms with E-state index in [1.807, 2.05) is 0 Å². The number of hydrogen-bond acceptors (Lipinski definition) is 1. The molecule has 7 heavy (non-hydrogen) atoms. The highest BCUT2D eigenvalue weighted by Crippen LogP contribution is 2.16. The van der Waals surface area contributed by atoms with E-state index in [-0.39, 0.29) is 5.78 Å². The molecule has 1 nitrogen and oxygen atoms in total. The third-order valence-electron chi connectivity index (χ3n) is 1.23. The van der Waals surface area contributed by atoms with E-state index < -0.39 is 6.17 Å². The summed E-state index contributed by atoms with van der Waals surface area (Å²) in [6, 6.07) is 0. The van der Waals surface area contributed by atoms with Crippen LogP contribution in [0.15, 0.2) is 0 Å². The molecule has 0 aromatic carbocycles. The third kappa shape index (κ3) is 0.787. The number of Topliss-reactive ketones (excluding diaryl/α,β-unsaturated/α-hetero) is 1. The molecule has 0 aromatic rings. The lowest BCUT2D eigenvalue weighted by atomic mass is 10.3. The van der Waals surface area contributed by atoms with Gasteiger partial charge >= 0.3 is 0 Å². The van der Waals surface area contributed by atoms with Crippen molar-refractivity contribution >= 4 is 5.78 Å². The number of carbonyl (C=O) groups is 1. The molecule has 0 amide bonds. The largest absolute Gasteiger partial charge is 0.296 e. The van der Waals surface area contributed by atoms with Gasteiger partial charge in [-0.05, 0) is 12.8 Å². The van der Waals surface area contributed by atoms with Gasteiger partial charge in [0.05, 0.1) is 0 Å². The first-order chi connectivity index (χ1) is 3.30. The van der Waals surface area contributed by atoms with Crippen LogP contribution in [0, 0.1) is 0 Å². The Morgan fingerprint density at radius 2 is 2.43 bits per heavy atom. The van der Waals surface area contributed by atoms with Gasteiger partial charge in [-0.2, -0.15) is 0 Å². The molecule has 0 radical (unpaired) electrons. The summed E-state index contributed by atoms with van der Waals surface area (Å²) in [4.78, 5) is 10.2. The zero-order valence-electron chi connectivity index (χ0n) is 3.98. The van der Waals surface area contributed by atoms with Crippen LogP contribution in [-0.4, -0.2) is 12.0 Å². The average molecular weight is 102 g/mol. The molecule has 0 bridgehead atoms. The SMILES string of the molecule is O=C1CCC[C@@H]1F. The molecule has 2 heteroatoms. The van der Waals surface area contributed by atoms with Gasteiger partial charge in [0, 0.05) is 6.42 Å². The Morgan fingerprint density at radius 3 is 2.57 bits per heavy atom. The topological polar surface area (TPSA) is 17.1 Å². The molecule has 1 aliphatic carbocycles. The highest BCUT2D eigenvalue weighted by atomic mass is 19.1. The summed E-state index contributed by atoms with van der Waals surface area (Å²) in [7, 11) is 0. The van der Waals surface area contributed by atoms with E-state index in [0.29, 0.717) is 12.8 Å². The van der Waals surface area contributed by atoms with Crippen molar-refractivity contribution in [1.82, 2.24) is 0 Å². The predicted octanol–water partition coefficient (Wildman–Crippen LogP) is 1.08. The molecule has 0 N–H and O–H groups in total. The van der Waals surface area contributed by atoms with Gasteiger partial charge in [-0.25, -0.2) is 4.39 Å². The van der Waals surface area contributed by atoms with Crippen LogP contribution in [-0.2, 0) is 4.79 Å². The van der Waals surface area contributed by atoms with Crippen molar-refractivity contribution in [2.24, 2.45) is 0 Å². The van der Waals surface area contributed by atoms with Gasteiger partial charge in [-0.15, -0.1) is 0 Å². The van der Waals surface area contributed by atoms with Crippen LogP contribution < -0.4 is 0 Å². The lowest BCUT2D eigenvalue weighted by Crippen LogP contribution is -2.04. The molecule has 0 saturated heterocycles. The lowest BCUT2D eigenvalue weighted by molar-refractivity contribution is -0.121. The van der Waals surface area contributed by atoms with Gasteiger partial charge in [-0.3, -0.25) is 4.79 Å². The fourth-order valence-corrected chi connectivity index (χ4v) is 0.773. The molecular formula is C5H7FO. The zero-order valence-corrected chi connectivity index (χ0v) is 3.98. The van der Waals surface area contributed by atoms with E-state index in [1.54, 1.807) is 0 Å². The Bertz CT molecular complexity index is 90.1. The van der Waals surface area contributed by atoms with Crippen LogP contribution >= 0.6 is 0 Å². The van der Waals surface area contributed by atoms with E-state index in [9.17, 15) is 9.18 Å². The maximum absolute atomic E-state index is 12.0. The lowest BCUT2D eigenvalue weighted by Gasteiger charge is -1.86. The molecule has 0 aliphatic heterocycles. The summed E-state index contributed by atoms with van der Waals surface area (Å²) in [6.45, 7) is 0. The highest BCUT2D eigenvalue weighted by molar-refractivity contribution is 5.84. The summed E-state index contributed by atoms with van der Waals surface area (Å²) in [5, 5.41) is 0. The highest BCUT2D eigenvalue weighted by Gasteiger charge is 2.22. The maximum Gasteiger partial charge on any atom is 0.166 e. The van der Waals surface area contributed by atoms with Crippen LogP contribution in [0.2, 0.25) is 0 Å². The van der Waals surface area contributed by atoms with E-state index in [4.69, 9.17) is 0 Å². The third-order valence-corrected chi connectivity index (χ3v) is 1.23. The van der Waals surface area contributed by atoms with Gasteiger partial charge in [-0.1, -0.05) is 0 Å². The second kappa shape index (κ2) is 1.60. The van der Waals surface area contributed by atoms with Gasteiger partial charge in [0.2, 0.25) is 0 Å². The monoisotopic (exact) mass is 102 g/mol. The molecule has 1 saturated carbocycles. The van der Waals surface area contributed by atoms with Crippen molar-refractivity contribution in [3.8, 4) is 0 Å². The molecule has 0 unspecified atom stereocenters. The molecule has 1 rings (SSSR count). The van der Waals surface area contributed by atoms with Crippen LogP contribution in [0.5, 0.6) is 0 Å². The second-order valence-corrected chi connectivity index (χ2v) is 1.83. The van der Waals surface area contributed by atoms with E-state index in [2.05, 4.69) is 0 Å². The smallest absolute Gasteiger partial charge is 0.166 e. The molecule has 1 fully saturated rings. The number of rotatable bonds is 0. The fraction of sp³-hybridized carbons (Fsp3) is 0.800. The quantitative estimate of drug-likeness (QED) is 0.447. The molecule has 0 aromatic heterocycles. The fourth-order valence-electron chi connectivity index (χ4n) is 0.773. The van der Waals surface area contributed by atoms with Crippen LogP contribution in [0.4, 0.5) is 4.39 Å². The Balaban J connectivity index is 2.48. The number of ketones is 1. The molecule has 0 heterocycles. The summed E-state index contributed by atoms with van der Waals surface area (Å²) >= 11 is 0. The minimum Gasteiger partial charge on any atom is -0.296 e. The second-order valence-electron chi connectivity index (χ2n) is 1.83. The standard InChI is InChI=1S/C5H7FO/c6-4-2-1-3-5(4)7/h4H,1-3H2/t4-/m0/s1. The van der Waals surface area contributed by atoms with Crippen LogP contribution in [0.25, 0.3) is 0 Å². The summed E-state index contributed by atoms with van der Waals surface area (Å²) in [5.41, 5.74) is 0. The normalized spacial score (nSPS) is 31.6. The number of halogens is 1. The van der Waals surface area contributed by atoms with Crippen LogP contribution in [0.1, 0.15) is 19.3 Å². The number of carbonyl (C=O) groups excluding carboxylic acids is 1. The molecule has 1 atom stereocenters. The van der Waals surface area contributed by atoms with Crippen molar-refractivity contribution in [3.05, 3.63) is 0 Å². The average Bonchev–Trinajstić information content (AvgIpc) is 1.91. The number of alkyl halides is 1. The summed E-state index contributed by atoms with van der Waals surface area (Å²) < 4.78 is 12.0. The maximum atomic E-state index is 12.0. The van der Waals surface area contributed by atoms with Crippen molar-refractivity contribution in [3.63, 3.8) is 0 Å². The van der Waals surface area contributed by atoms with E-state index >= 15 is 0 Å². The van der Waals surface area contributed by atoms with Crippen molar-refractivity contribution in [2.75, 3.05) is 0 Å². The first-order valence-electron chi connectivity index (χ1n) is 2.47. The minimum absolute atomic E-state index is 0.208. The Morgan fingerprint density at radius 1 is 1.71 bits per heavy atom. The Kier molecular flexibility index (Phi) is 1.09. The van der Waals surface area contributed by atoms with Gasteiger partial charge in [0.1, 0.15) is 0 Å². The van der Waals surface area contributed by atoms with Gasteiger partial charge < -0.3 is 0 Å². The minimum atomic E-state index is -1.13. The van der Waals surface area contributed by atoms with Gasteiger partial charge in [0.25, 0.3) is 0 Å². The first-order valence-corrected chi connectivity index (χ1v) is 2.47. The van der Waals surface area contributed by atoms with Crippen molar-refractivity contribution in [2.45, 2.75) is 25.4 Å². The number of hydrogen-bond donors (Lipinski definition) is 0. The van der Waals surface area contributed by atoms with Crippen molar-refractivity contribution in [1.29, 1.82) is 0 Å². The van der Waals surface area contributed by atoms with Crippen molar-refractivity contribution < 1.29 is 9.18 Å². The molecule has 40 valence electrons. The summed E-state index contributed by atoms with van der Waals surface area (Å²) in [6.07, 6.45) is 0.542.